The molecule has 26 heavy (non-hydrogen) atoms. The van der Waals surface area contributed by atoms with Gasteiger partial charge in [0.25, 0.3) is 12.4 Å². The summed E-state index contributed by atoms with van der Waals surface area (Å²) in [6.45, 7) is 5.04. The fourth-order valence-electron chi connectivity index (χ4n) is 3.96. The number of carbonyl (C=O) groups excluding carboxylic acids is 1. The lowest BCUT2D eigenvalue weighted by molar-refractivity contribution is -0.122. The Morgan fingerprint density at radius 2 is 1.96 bits per heavy atom. The normalized spacial score (nSPS) is 21.3. The van der Waals surface area contributed by atoms with Crippen molar-refractivity contribution in [2.45, 2.75) is 57.6 Å². The van der Waals surface area contributed by atoms with Crippen molar-refractivity contribution < 1.29 is 19.4 Å². The predicted octanol–water partition coefficient (Wildman–Crippen LogP) is 1.66. The van der Waals surface area contributed by atoms with E-state index in [1.54, 1.807) is 0 Å². The first kappa shape index (κ1) is 18.6. The predicted molar refractivity (Wildman–Crippen MR) is 93.8 cm³/mol. The van der Waals surface area contributed by atoms with Gasteiger partial charge in [-0.15, -0.1) is 10.2 Å². The number of fused-ring (bicyclic) bond motifs is 1. The van der Waals surface area contributed by atoms with Crippen molar-refractivity contribution >= 4 is 12.4 Å². The molecule has 8 nitrogen and oxygen atoms in total. The maximum absolute atomic E-state index is 12.8. The second-order valence-electron chi connectivity index (χ2n) is 7.10. The van der Waals surface area contributed by atoms with Gasteiger partial charge in [-0.1, -0.05) is 11.6 Å². The number of carbonyl (C=O) groups is 2. The van der Waals surface area contributed by atoms with Crippen LogP contribution in [0.5, 0.6) is 0 Å². The molecule has 1 fully saturated rings. The number of hydrogen-bond acceptors (Lipinski definition) is 5. The fraction of sp³-hybridized carbons (Fsp3) is 0.667. The third-order valence-electron chi connectivity index (χ3n) is 5.34. The summed E-state index contributed by atoms with van der Waals surface area (Å²) in [7, 11) is 0. The molecule has 1 saturated heterocycles. The molecular formula is C18H26N4O4. The molecule has 4 heterocycles. The molecule has 1 amide bonds. The summed E-state index contributed by atoms with van der Waals surface area (Å²) in [4.78, 5) is 23.1. The number of carboxylic acid groups (broad SMARTS) is 1. The lowest BCUT2D eigenvalue weighted by Crippen LogP contribution is -2.48. The van der Waals surface area contributed by atoms with E-state index in [1.165, 1.54) is 5.57 Å². The number of likely N-dealkylation sites (tertiary alicyclic amines) is 1. The highest BCUT2D eigenvalue weighted by Crippen LogP contribution is 2.33. The molecule has 0 bridgehead atoms. The Morgan fingerprint density at radius 3 is 2.65 bits per heavy atom. The van der Waals surface area contributed by atoms with Gasteiger partial charge in [-0.3, -0.25) is 9.59 Å². The van der Waals surface area contributed by atoms with Gasteiger partial charge in [-0.05, 0) is 39.0 Å². The first-order chi connectivity index (χ1) is 12.6. The SMILES string of the molecule is CC1=CC2(CCN(C(=O)c3nnc4n3CCCC4)CC2)OCC1.O=CO. The summed E-state index contributed by atoms with van der Waals surface area (Å²) >= 11 is 0. The van der Waals surface area contributed by atoms with Crippen molar-refractivity contribution in [3.63, 3.8) is 0 Å². The number of nitrogens with zero attached hydrogens (tertiary/aromatic N) is 4. The molecular weight excluding hydrogens is 336 g/mol. The number of ether oxygens (including phenoxy) is 1. The lowest BCUT2D eigenvalue weighted by Gasteiger charge is -2.42. The van der Waals surface area contributed by atoms with Crippen LogP contribution in [0.2, 0.25) is 0 Å². The quantitative estimate of drug-likeness (QED) is 0.603. The monoisotopic (exact) mass is 362 g/mol. The number of aromatic nitrogens is 3. The van der Waals surface area contributed by atoms with Gasteiger partial charge in [0.2, 0.25) is 5.82 Å². The van der Waals surface area contributed by atoms with Crippen molar-refractivity contribution in [3.8, 4) is 0 Å². The molecule has 1 N–H and O–H groups in total. The van der Waals surface area contributed by atoms with E-state index in [-0.39, 0.29) is 18.0 Å². The summed E-state index contributed by atoms with van der Waals surface area (Å²) in [5.41, 5.74) is 1.26. The van der Waals surface area contributed by atoms with Crippen molar-refractivity contribution in [3.05, 3.63) is 23.3 Å². The van der Waals surface area contributed by atoms with Crippen LogP contribution in [0.25, 0.3) is 0 Å². The van der Waals surface area contributed by atoms with Crippen molar-refractivity contribution in [2.75, 3.05) is 19.7 Å². The average molecular weight is 362 g/mol. The largest absolute Gasteiger partial charge is 0.483 e. The van der Waals surface area contributed by atoms with E-state index in [1.807, 2.05) is 9.47 Å². The molecule has 0 saturated carbocycles. The van der Waals surface area contributed by atoms with E-state index in [0.29, 0.717) is 5.82 Å². The zero-order chi connectivity index (χ0) is 18.6. The summed E-state index contributed by atoms with van der Waals surface area (Å²) in [5.74, 6) is 1.51. The smallest absolute Gasteiger partial charge is 0.291 e. The number of amides is 1. The highest BCUT2D eigenvalue weighted by molar-refractivity contribution is 5.90. The summed E-state index contributed by atoms with van der Waals surface area (Å²) in [5, 5.41) is 15.3. The maximum atomic E-state index is 12.8. The van der Waals surface area contributed by atoms with E-state index in [4.69, 9.17) is 14.6 Å². The molecule has 3 aliphatic rings. The molecule has 142 valence electrons. The highest BCUT2D eigenvalue weighted by atomic mass is 16.5. The van der Waals surface area contributed by atoms with Crippen LogP contribution in [-0.2, 0) is 22.5 Å². The van der Waals surface area contributed by atoms with Gasteiger partial charge < -0.3 is 19.3 Å². The molecule has 0 aromatic carbocycles. The molecule has 1 aromatic heterocycles. The minimum atomic E-state index is -0.250. The van der Waals surface area contributed by atoms with Crippen molar-refractivity contribution in [1.82, 2.24) is 19.7 Å². The first-order valence-corrected chi connectivity index (χ1v) is 9.20. The zero-order valence-electron chi connectivity index (χ0n) is 15.2. The standard InChI is InChI=1S/C17H24N4O2.CH2O2/c1-13-5-11-23-17(12-13)6-9-20(10-7-17)16(22)15-19-18-14-4-2-3-8-21(14)15;2-1-3/h12H,2-11H2,1H3;1H,(H,2,3). The van der Waals surface area contributed by atoms with E-state index in [2.05, 4.69) is 23.2 Å². The summed E-state index contributed by atoms with van der Waals surface area (Å²) < 4.78 is 8.05. The average Bonchev–Trinajstić information content (AvgIpc) is 3.06. The Kier molecular flexibility index (Phi) is 5.70. The van der Waals surface area contributed by atoms with Crippen LogP contribution in [0.15, 0.2) is 11.6 Å². The van der Waals surface area contributed by atoms with Gasteiger partial charge in [0.05, 0.1) is 12.2 Å². The minimum absolute atomic E-state index is 0.0250. The van der Waals surface area contributed by atoms with Gasteiger partial charge in [0, 0.05) is 26.1 Å². The number of aryl methyl sites for hydroxylation is 1. The molecule has 1 spiro atoms. The first-order valence-electron chi connectivity index (χ1n) is 9.20. The molecule has 0 atom stereocenters. The van der Waals surface area contributed by atoms with E-state index >= 15 is 0 Å². The summed E-state index contributed by atoms with van der Waals surface area (Å²) in [6.07, 6.45) is 8.22. The second kappa shape index (κ2) is 7.99. The van der Waals surface area contributed by atoms with Gasteiger partial charge in [0.1, 0.15) is 5.82 Å². The van der Waals surface area contributed by atoms with Crippen LogP contribution in [0, 0.1) is 0 Å². The fourth-order valence-corrected chi connectivity index (χ4v) is 3.96. The van der Waals surface area contributed by atoms with Crippen LogP contribution in [0.4, 0.5) is 0 Å². The Labute approximate surface area is 152 Å². The molecule has 8 heteroatoms. The van der Waals surface area contributed by atoms with Crippen LogP contribution < -0.4 is 0 Å². The van der Waals surface area contributed by atoms with E-state index in [0.717, 1.165) is 70.6 Å². The molecule has 0 unspecified atom stereocenters. The second-order valence-corrected chi connectivity index (χ2v) is 7.10. The van der Waals surface area contributed by atoms with Crippen molar-refractivity contribution in [1.29, 1.82) is 0 Å². The molecule has 4 rings (SSSR count). The minimum Gasteiger partial charge on any atom is -0.483 e. The maximum Gasteiger partial charge on any atom is 0.291 e. The molecule has 3 aliphatic heterocycles. The van der Waals surface area contributed by atoms with Gasteiger partial charge in [0.15, 0.2) is 0 Å². The zero-order valence-corrected chi connectivity index (χ0v) is 15.2. The molecule has 1 aromatic rings. The number of rotatable bonds is 1. The third kappa shape index (κ3) is 3.80. The van der Waals surface area contributed by atoms with Gasteiger partial charge in [-0.25, -0.2) is 0 Å². The van der Waals surface area contributed by atoms with Crippen LogP contribution in [0.1, 0.15) is 55.5 Å². The third-order valence-corrected chi connectivity index (χ3v) is 5.34. The topological polar surface area (TPSA) is 97.5 Å². The summed E-state index contributed by atoms with van der Waals surface area (Å²) in [6, 6.07) is 0. The Balaban J connectivity index is 0.000000613. The Hall–Kier alpha value is -2.22. The highest BCUT2D eigenvalue weighted by Gasteiger charge is 2.38. The van der Waals surface area contributed by atoms with Gasteiger partial charge in [-0.2, -0.15) is 0 Å². The van der Waals surface area contributed by atoms with Crippen LogP contribution in [0.3, 0.4) is 0 Å². The number of piperidine rings is 1. The molecule has 0 radical (unpaired) electrons. The van der Waals surface area contributed by atoms with Crippen LogP contribution in [-0.4, -0.2) is 62.4 Å². The van der Waals surface area contributed by atoms with E-state index in [9.17, 15) is 4.79 Å². The molecule has 0 aliphatic carbocycles. The van der Waals surface area contributed by atoms with Crippen LogP contribution >= 0.6 is 0 Å². The van der Waals surface area contributed by atoms with Crippen molar-refractivity contribution in [2.24, 2.45) is 0 Å². The Bertz CT molecular complexity index is 689. The lowest BCUT2D eigenvalue weighted by atomic mass is 9.87. The van der Waals surface area contributed by atoms with E-state index < -0.39 is 0 Å². The Morgan fingerprint density at radius 1 is 1.23 bits per heavy atom. The number of hydrogen-bond donors (Lipinski definition) is 1. The van der Waals surface area contributed by atoms with Gasteiger partial charge >= 0.3 is 0 Å².